The molecule has 2 N–H and O–H groups in total. The smallest absolute Gasteiger partial charge is 0.322 e. The Morgan fingerprint density at radius 1 is 1.53 bits per heavy atom. The van der Waals surface area contributed by atoms with Crippen molar-refractivity contribution in [2.24, 2.45) is 0 Å². The van der Waals surface area contributed by atoms with Crippen LogP contribution in [-0.2, 0) is 11.3 Å². The van der Waals surface area contributed by atoms with Gasteiger partial charge in [0.25, 0.3) is 5.91 Å². The van der Waals surface area contributed by atoms with Crippen molar-refractivity contribution in [3.05, 3.63) is 16.1 Å². The highest BCUT2D eigenvalue weighted by molar-refractivity contribution is 7.09. The number of aromatic nitrogens is 1. The Balaban J connectivity index is 1.79. The standard InChI is InChI=1S/C12H16N4O2S/c1-8-6-19-9(14-8)5-16-10(17)12(15-11(16)18)3-2-4-13-7-12/h6,13H,2-5,7H2,1H3,(H,15,18). The fourth-order valence-electron chi connectivity index (χ4n) is 2.62. The molecule has 0 aromatic carbocycles. The van der Waals surface area contributed by atoms with Crippen LogP contribution in [0.2, 0.25) is 0 Å². The summed E-state index contributed by atoms with van der Waals surface area (Å²) in [4.78, 5) is 30.1. The Morgan fingerprint density at radius 3 is 3.00 bits per heavy atom. The number of imide groups is 1. The molecular weight excluding hydrogens is 264 g/mol. The van der Waals surface area contributed by atoms with E-state index in [1.165, 1.54) is 16.2 Å². The molecular formula is C12H16N4O2S. The SMILES string of the molecule is Cc1csc(CN2C(=O)NC3(CCCNC3)C2=O)n1. The van der Waals surface area contributed by atoms with Crippen molar-refractivity contribution in [1.29, 1.82) is 0 Å². The summed E-state index contributed by atoms with van der Waals surface area (Å²) in [6.07, 6.45) is 1.61. The molecule has 1 spiro atoms. The van der Waals surface area contributed by atoms with Gasteiger partial charge < -0.3 is 10.6 Å². The summed E-state index contributed by atoms with van der Waals surface area (Å²) in [5, 5.41) is 8.75. The van der Waals surface area contributed by atoms with Gasteiger partial charge in [0, 0.05) is 17.6 Å². The first-order valence-electron chi connectivity index (χ1n) is 6.37. The van der Waals surface area contributed by atoms with Crippen molar-refractivity contribution < 1.29 is 9.59 Å². The molecule has 3 amide bonds. The highest BCUT2D eigenvalue weighted by Gasteiger charge is 2.51. The van der Waals surface area contributed by atoms with Gasteiger partial charge in [-0.3, -0.25) is 9.69 Å². The molecule has 0 aliphatic carbocycles. The van der Waals surface area contributed by atoms with Crippen molar-refractivity contribution in [1.82, 2.24) is 20.5 Å². The number of rotatable bonds is 2. The molecule has 1 atom stereocenters. The molecule has 19 heavy (non-hydrogen) atoms. The first-order chi connectivity index (χ1) is 9.11. The number of amides is 3. The molecule has 0 bridgehead atoms. The second-order valence-corrected chi connectivity index (χ2v) is 6.01. The molecule has 7 heteroatoms. The summed E-state index contributed by atoms with van der Waals surface area (Å²) in [5.41, 5.74) is 0.183. The van der Waals surface area contributed by atoms with E-state index < -0.39 is 5.54 Å². The number of piperidine rings is 1. The molecule has 102 valence electrons. The molecule has 1 aromatic heterocycles. The monoisotopic (exact) mass is 280 g/mol. The second-order valence-electron chi connectivity index (χ2n) is 5.07. The van der Waals surface area contributed by atoms with E-state index >= 15 is 0 Å². The van der Waals surface area contributed by atoms with Crippen LogP contribution in [-0.4, -0.2) is 40.5 Å². The molecule has 3 heterocycles. The summed E-state index contributed by atoms with van der Waals surface area (Å²) >= 11 is 1.47. The number of aryl methyl sites for hydroxylation is 1. The molecule has 1 unspecified atom stereocenters. The summed E-state index contributed by atoms with van der Waals surface area (Å²) in [7, 11) is 0. The van der Waals surface area contributed by atoms with E-state index in [0.29, 0.717) is 13.0 Å². The summed E-state index contributed by atoms with van der Waals surface area (Å²) in [5.74, 6) is -0.127. The van der Waals surface area contributed by atoms with Crippen LogP contribution >= 0.6 is 11.3 Å². The predicted octanol–water partition coefficient (Wildman–Crippen LogP) is 0.626. The predicted molar refractivity (Wildman–Crippen MR) is 70.8 cm³/mol. The van der Waals surface area contributed by atoms with E-state index in [2.05, 4.69) is 15.6 Å². The lowest BCUT2D eigenvalue weighted by molar-refractivity contribution is -0.132. The lowest BCUT2D eigenvalue weighted by Crippen LogP contribution is -2.57. The maximum absolute atomic E-state index is 12.5. The van der Waals surface area contributed by atoms with E-state index in [9.17, 15) is 9.59 Å². The molecule has 2 aliphatic rings. The number of nitrogens with zero attached hydrogens (tertiary/aromatic N) is 2. The molecule has 2 aliphatic heterocycles. The average molecular weight is 280 g/mol. The van der Waals surface area contributed by atoms with Gasteiger partial charge in [0.15, 0.2) is 0 Å². The van der Waals surface area contributed by atoms with Crippen LogP contribution in [0, 0.1) is 6.92 Å². The minimum Gasteiger partial charge on any atom is -0.322 e. The van der Waals surface area contributed by atoms with E-state index in [-0.39, 0.29) is 18.5 Å². The molecule has 1 aromatic rings. The van der Waals surface area contributed by atoms with Crippen molar-refractivity contribution in [2.75, 3.05) is 13.1 Å². The van der Waals surface area contributed by atoms with Crippen LogP contribution in [0.5, 0.6) is 0 Å². The van der Waals surface area contributed by atoms with Crippen LogP contribution in [0.4, 0.5) is 4.79 Å². The molecule has 0 saturated carbocycles. The van der Waals surface area contributed by atoms with Gasteiger partial charge in [-0.2, -0.15) is 0 Å². The highest BCUT2D eigenvalue weighted by Crippen LogP contribution is 2.26. The Hall–Kier alpha value is -1.47. The number of thiazole rings is 1. The topological polar surface area (TPSA) is 74.3 Å². The van der Waals surface area contributed by atoms with Gasteiger partial charge in [0.2, 0.25) is 0 Å². The second kappa shape index (κ2) is 4.57. The maximum atomic E-state index is 12.5. The fourth-order valence-corrected chi connectivity index (χ4v) is 3.38. The molecule has 3 rings (SSSR count). The van der Waals surface area contributed by atoms with Crippen molar-refractivity contribution >= 4 is 23.3 Å². The van der Waals surface area contributed by atoms with Gasteiger partial charge in [-0.05, 0) is 26.3 Å². The van der Waals surface area contributed by atoms with Crippen LogP contribution < -0.4 is 10.6 Å². The van der Waals surface area contributed by atoms with Gasteiger partial charge in [0.1, 0.15) is 10.5 Å². The number of carbonyl (C=O) groups excluding carboxylic acids is 2. The minimum absolute atomic E-state index is 0.127. The zero-order valence-electron chi connectivity index (χ0n) is 10.7. The summed E-state index contributed by atoms with van der Waals surface area (Å²) < 4.78 is 0. The Labute approximate surface area is 115 Å². The van der Waals surface area contributed by atoms with E-state index in [1.54, 1.807) is 0 Å². The quantitative estimate of drug-likeness (QED) is 0.779. The summed E-state index contributed by atoms with van der Waals surface area (Å²) in [6.45, 7) is 3.59. The molecule has 2 saturated heterocycles. The lowest BCUT2D eigenvalue weighted by atomic mass is 9.90. The fraction of sp³-hybridized carbons (Fsp3) is 0.583. The van der Waals surface area contributed by atoms with Gasteiger partial charge in [-0.15, -0.1) is 11.3 Å². The Morgan fingerprint density at radius 2 is 2.37 bits per heavy atom. The molecule has 2 fully saturated rings. The number of hydrogen-bond donors (Lipinski definition) is 2. The normalized spacial score (nSPS) is 27.1. The number of urea groups is 1. The van der Waals surface area contributed by atoms with E-state index in [1.807, 2.05) is 12.3 Å². The zero-order chi connectivity index (χ0) is 13.5. The first kappa shape index (κ1) is 12.6. The van der Waals surface area contributed by atoms with Gasteiger partial charge in [-0.1, -0.05) is 0 Å². The number of hydrogen-bond acceptors (Lipinski definition) is 5. The van der Waals surface area contributed by atoms with Gasteiger partial charge in [0.05, 0.1) is 6.54 Å². The van der Waals surface area contributed by atoms with Gasteiger partial charge >= 0.3 is 6.03 Å². The highest BCUT2D eigenvalue weighted by atomic mass is 32.1. The molecule has 6 nitrogen and oxygen atoms in total. The Kier molecular flexibility index (Phi) is 3.02. The minimum atomic E-state index is -0.734. The van der Waals surface area contributed by atoms with Crippen molar-refractivity contribution in [2.45, 2.75) is 31.8 Å². The van der Waals surface area contributed by atoms with Crippen LogP contribution in [0.25, 0.3) is 0 Å². The maximum Gasteiger partial charge on any atom is 0.325 e. The number of nitrogens with one attached hydrogen (secondary N) is 2. The van der Waals surface area contributed by atoms with E-state index in [4.69, 9.17) is 0 Å². The third-order valence-electron chi connectivity index (χ3n) is 3.59. The first-order valence-corrected chi connectivity index (χ1v) is 7.24. The largest absolute Gasteiger partial charge is 0.325 e. The Bertz CT molecular complexity index is 522. The average Bonchev–Trinajstić information content (AvgIpc) is 2.89. The van der Waals surface area contributed by atoms with Crippen LogP contribution in [0.1, 0.15) is 23.5 Å². The zero-order valence-corrected chi connectivity index (χ0v) is 11.5. The molecule has 0 radical (unpaired) electrons. The van der Waals surface area contributed by atoms with Crippen LogP contribution in [0.15, 0.2) is 5.38 Å². The van der Waals surface area contributed by atoms with Crippen molar-refractivity contribution in [3.63, 3.8) is 0 Å². The summed E-state index contributed by atoms with van der Waals surface area (Å²) in [6, 6.07) is -0.304. The van der Waals surface area contributed by atoms with Gasteiger partial charge in [-0.25, -0.2) is 9.78 Å². The third kappa shape index (κ3) is 2.12. The lowest BCUT2D eigenvalue weighted by Gasteiger charge is -2.31. The van der Waals surface area contributed by atoms with Crippen molar-refractivity contribution in [3.8, 4) is 0 Å². The third-order valence-corrected chi connectivity index (χ3v) is 4.54. The number of carbonyl (C=O) groups is 2. The van der Waals surface area contributed by atoms with E-state index in [0.717, 1.165) is 23.7 Å². The van der Waals surface area contributed by atoms with Crippen LogP contribution in [0.3, 0.4) is 0 Å².